The molecule has 1 aliphatic heterocycles. The lowest BCUT2D eigenvalue weighted by molar-refractivity contribution is -0.132. The SMILES string of the molecule is CCOc1ccc2nc(N3C(=O)C(=O)C(=C(O)c4ccc(OC)cc4)[C@@H]3c3cc(OC)ccc3OC)sc2c1. The maximum absolute atomic E-state index is 13.6. The van der Waals surface area contributed by atoms with Crippen molar-refractivity contribution in [2.24, 2.45) is 0 Å². The second-order valence-electron chi connectivity index (χ2n) is 8.56. The summed E-state index contributed by atoms with van der Waals surface area (Å²) in [4.78, 5) is 33.2. The lowest BCUT2D eigenvalue weighted by Gasteiger charge is -2.25. The minimum atomic E-state index is -1.04. The number of anilines is 1. The maximum atomic E-state index is 13.6. The predicted molar refractivity (Wildman–Crippen MR) is 148 cm³/mol. The van der Waals surface area contributed by atoms with Crippen molar-refractivity contribution in [2.45, 2.75) is 13.0 Å². The topological polar surface area (TPSA) is 107 Å². The van der Waals surface area contributed by atoms with Crippen molar-refractivity contribution in [3.05, 3.63) is 77.4 Å². The molecule has 0 aliphatic carbocycles. The lowest BCUT2D eigenvalue weighted by Crippen LogP contribution is -2.29. The third-order valence-corrected chi connectivity index (χ3v) is 7.42. The number of thiazole rings is 1. The van der Waals surface area contributed by atoms with E-state index in [1.165, 1.54) is 37.6 Å². The number of nitrogens with zero attached hydrogens (tertiary/aromatic N) is 2. The molecular weight excluding hydrogens is 520 g/mol. The summed E-state index contributed by atoms with van der Waals surface area (Å²) in [7, 11) is 4.54. The fourth-order valence-corrected chi connectivity index (χ4v) is 5.55. The van der Waals surface area contributed by atoms with E-state index in [0.717, 1.165) is 4.70 Å². The van der Waals surface area contributed by atoms with E-state index in [1.54, 1.807) is 54.6 Å². The molecule has 1 saturated heterocycles. The zero-order valence-corrected chi connectivity index (χ0v) is 22.6. The fourth-order valence-electron chi connectivity index (χ4n) is 4.53. The lowest BCUT2D eigenvalue weighted by atomic mass is 9.94. The molecule has 1 atom stereocenters. The molecule has 10 heteroatoms. The average Bonchev–Trinajstić information content (AvgIpc) is 3.49. The Bertz CT molecular complexity index is 1590. The van der Waals surface area contributed by atoms with Gasteiger partial charge in [-0.1, -0.05) is 11.3 Å². The molecule has 3 aromatic carbocycles. The molecule has 0 saturated carbocycles. The van der Waals surface area contributed by atoms with Crippen LogP contribution in [0.25, 0.3) is 16.0 Å². The smallest absolute Gasteiger partial charge is 0.301 e. The van der Waals surface area contributed by atoms with E-state index in [2.05, 4.69) is 4.98 Å². The average molecular weight is 547 g/mol. The largest absolute Gasteiger partial charge is 0.507 e. The Labute approximate surface area is 228 Å². The van der Waals surface area contributed by atoms with E-state index in [9.17, 15) is 14.7 Å². The number of fused-ring (bicyclic) bond motifs is 1. The van der Waals surface area contributed by atoms with Gasteiger partial charge >= 0.3 is 5.91 Å². The van der Waals surface area contributed by atoms with Crippen LogP contribution in [0, 0.1) is 0 Å². The summed E-state index contributed by atoms with van der Waals surface area (Å²) in [5, 5.41) is 11.7. The van der Waals surface area contributed by atoms with Crippen LogP contribution in [-0.2, 0) is 9.59 Å². The molecule has 5 rings (SSSR count). The molecule has 1 amide bonds. The molecule has 0 unspecified atom stereocenters. The highest BCUT2D eigenvalue weighted by Gasteiger charge is 2.49. The van der Waals surface area contributed by atoms with Gasteiger partial charge in [0.25, 0.3) is 5.78 Å². The van der Waals surface area contributed by atoms with Gasteiger partial charge in [0.05, 0.1) is 43.7 Å². The van der Waals surface area contributed by atoms with Crippen LogP contribution in [0.5, 0.6) is 23.0 Å². The van der Waals surface area contributed by atoms with Crippen molar-refractivity contribution < 1.29 is 33.6 Å². The first kappa shape index (κ1) is 26.1. The maximum Gasteiger partial charge on any atom is 0.301 e. The highest BCUT2D eigenvalue weighted by molar-refractivity contribution is 7.22. The van der Waals surface area contributed by atoms with Crippen molar-refractivity contribution in [1.82, 2.24) is 4.98 Å². The van der Waals surface area contributed by atoms with Gasteiger partial charge in [-0.05, 0) is 67.6 Å². The van der Waals surface area contributed by atoms with E-state index < -0.39 is 17.7 Å². The standard InChI is InChI=1S/C29H26N2O7S/c1-5-38-19-10-12-21-23(15-19)39-29(30-21)31-25(20-14-18(36-3)11-13-22(20)37-4)24(27(33)28(31)34)26(32)16-6-8-17(35-2)9-7-16/h6-15,25,32H,5H2,1-4H3/t25-/m0/s1. The summed E-state index contributed by atoms with van der Waals surface area (Å²) in [6, 6.07) is 16.1. The van der Waals surface area contributed by atoms with Gasteiger partial charge in [-0.15, -0.1) is 0 Å². The third-order valence-electron chi connectivity index (χ3n) is 6.41. The van der Waals surface area contributed by atoms with Crippen LogP contribution >= 0.6 is 11.3 Å². The number of benzene rings is 3. The molecule has 1 aliphatic rings. The zero-order valence-electron chi connectivity index (χ0n) is 21.8. The third kappa shape index (κ3) is 4.63. The Kier molecular flexibility index (Phi) is 7.12. The number of aliphatic hydroxyl groups excluding tert-OH is 1. The molecule has 0 bridgehead atoms. The molecule has 1 aromatic heterocycles. The van der Waals surface area contributed by atoms with E-state index in [-0.39, 0.29) is 11.3 Å². The van der Waals surface area contributed by atoms with Crippen molar-refractivity contribution in [1.29, 1.82) is 0 Å². The summed E-state index contributed by atoms with van der Waals surface area (Å²) in [6.07, 6.45) is 0. The summed E-state index contributed by atoms with van der Waals surface area (Å²) in [5.41, 5.74) is 1.37. The summed E-state index contributed by atoms with van der Waals surface area (Å²) in [5.74, 6) is 0.177. The fraction of sp³-hybridized carbons (Fsp3) is 0.207. The molecule has 4 aromatic rings. The number of aliphatic hydroxyl groups is 1. The monoisotopic (exact) mass is 546 g/mol. The number of Topliss-reactive ketones (excluding diaryl/α,β-unsaturated/α-hetero) is 1. The summed E-state index contributed by atoms with van der Waals surface area (Å²) < 4.78 is 22.7. The highest BCUT2D eigenvalue weighted by atomic mass is 32.1. The predicted octanol–water partition coefficient (Wildman–Crippen LogP) is 5.35. The van der Waals surface area contributed by atoms with Gasteiger partial charge < -0.3 is 24.1 Å². The zero-order chi connectivity index (χ0) is 27.7. The molecule has 2 heterocycles. The minimum absolute atomic E-state index is 0.0917. The van der Waals surface area contributed by atoms with Gasteiger partial charge in [0.1, 0.15) is 34.8 Å². The first-order chi connectivity index (χ1) is 18.9. The molecule has 1 fully saturated rings. The number of aromatic nitrogens is 1. The van der Waals surface area contributed by atoms with Crippen LogP contribution in [0.15, 0.2) is 66.2 Å². The molecule has 200 valence electrons. The molecule has 1 N–H and O–H groups in total. The van der Waals surface area contributed by atoms with E-state index in [1.807, 2.05) is 13.0 Å². The van der Waals surface area contributed by atoms with Crippen LogP contribution < -0.4 is 23.8 Å². The number of amides is 1. The van der Waals surface area contributed by atoms with Crippen LogP contribution in [0.4, 0.5) is 5.13 Å². The van der Waals surface area contributed by atoms with Gasteiger partial charge in [0, 0.05) is 11.1 Å². The number of ketones is 1. The molecule has 0 spiro atoms. The normalized spacial score (nSPS) is 16.5. The molecule has 9 nitrogen and oxygen atoms in total. The molecule has 39 heavy (non-hydrogen) atoms. The Morgan fingerprint density at radius 1 is 0.923 bits per heavy atom. The second-order valence-corrected chi connectivity index (χ2v) is 9.57. The molecule has 0 radical (unpaired) electrons. The summed E-state index contributed by atoms with van der Waals surface area (Å²) >= 11 is 1.25. The van der Waals surface area contributed by atoms with Crippen LogP contribution in [0.3, 0.4) is 0 Å². The van der Waals surface area contributed by atoms with Gasteiger partial charge in [-0.2, -0.15) is 0 Å². The van der Waals surface area contributed by atoms with Gasteiger partial charge in [-0.3, -0.25) is 14.5 Å². The highest BCUT2D eigenvalue weighted by Crippen LogP contribution is 2.47. The number of carbonyl (C=O) groups excluding carboxylic acids is 2. The first-order valence-corrected chi connectivity index (χ1v) is 12.9. The van der Waals surface area contributed by atoms with Gasteiger partial charge in [-0.25, -0.2) is 4.98 Å². The van der Waals surface area contributed by atoms with Crippen LogP contribution in [-0.4, -0.2) is 49.7 Å². The Morgan fingerprint density at radius 3 is 2.28 bits per heavy atom. The second kappa shape index (κ2) is 10.7. The first-order valence-electron chi connectivity index (χ1n) is 12.1. The number of carbonyl (C=O) groups is 2. The van der Waals surface area contributed by atoms with Crippen LogP contribution in [0.2, 0.25) is 0 Å². The van der Waals surface area contributed by atoms with Crippen molar-refractivity contribution in [3.63, 3.8) is 0 Å². The van der Waals surface area contributed by atoms with Crippen molar-refractivity contribution in [2.75, 3.05) is 32.8 Å². The minimum Gasteiger partial charge on any atom is -0.507 e. The number of ether oxygens (including phenoxy) is 4. The number of methoxy groups -OCH3 is 3. The number of hydrogen-bond acceptors (Lipinski definition) is 9. The number of hydrogen-bond donors (Lipinski definition) is 1. The van der Waals surface area contributed by atoms with Gasteiger partial charge in [0.2, 0.25) is 0 Å². The van der Waals surface area contributed by atoms with Crippen molar-refractivity contribution in [3.8, 4) is 23.0 Å². The quantitative estimate of drug-likeness (QED) is 0.179. The van der Waals surface area contributed by atoms with Gasteiger partial charge in [0.15, 0.2) is 5.13 Å². The Hall–Kier alpha value is -4.57. The Balaban J connectivity index is 1.74. The Morgan fingerprint density at radius 2 is 1.62 bits per heavy atom. The number of rotatable bonds is 8. The van der Waals surface area contributed by atoms with E-state index in [4.69, 9.17) is 18.9 Å². The molecular formula is C29H26N2O7S. The van der Waals surface area contributed by atoms with Crippen molar-refractivity contribution >= 4 is 44.1 Å². The van der Waals surface area contributed by atoms with E-state index in [0.29, 0.717) is 51.4 Å². The van der Waals surface area contributed by atoms with Crippen LogP contribution in [0.1, 0.15) is 24.1 Å². The van der Waals surface area contributed by atoms with E-state index >= 15 is 0 Å². The summed E-state index contributed by atoms with van der Waals surface area (Å²) in [6.45, 7) is 2.40.